The van der Waals surface area contributed by atoms with Crippen molar-refractivity contribution in [3.05, 3.63) is 96.1 Å². The molecule has 3 rings (SSSR count). The highest BCUT2D eigenvalue weighted by Crippen LogP contribution is 2.16. The molecule has 0 aliphatic rings. The van der Waals surface area contributed by atoms with E-state index in [2.05, 4.69) is 15.8 Å². The molecule has 0 bridgehead atoms. The zero-order valence-corrected chi connectivity index (χ0v) is 18.4. The molecule has 3 aromatic carbocycles. The van der Waals surface area contributed by atoms with Crippen molar-refractivity contribution in [1.29, 1.82) is 0 Å². The Labute approximate surface area is 192 Å². The second-order valence-electron chi connectivity index (χ2n) is 6.84. The maximum Gasteiger partial charge on any atom is 0.257 e. The van der Waals surface area contributed by atoms with Gasteiger partial charge >= 0.3 is 0 Å². The Morgan fingerprint density at radius 2 is 1.56 bits per heavy atom. The van der Waals surface area contributed by atoms with Gasteiger partial charge in [-0.1, -0.05) is 48.5 Å². The third-order valence-corrected chi connectivity index (χ3v) is 5.36. The van der Waals surface area contributed by atoms with E-state index in [1.54, 1.807) is 30.5 Å². The first-order valence-electron chi connectivity index (χ1n) is 10.2. The minimum atomic E-state index is -0.173. The molecule has 2 amide bonds. The van der Waals surface area contributed by atoms with E-state index in [9.17, 15) is 9.59 Å². The van der Waals surface area contributed by atoms with Crippen molar-refractivity contribution in [2.75, 3.05) is 18.9 Å². The lowest BCUT2D eigenvalue weighted by Crippen LogP contribution is -2.30. The molecule has 0 atom stereocenters. The topological polar surface area (TPSA) is 79.8 Å². The van der Waals surface area contributed by atoms with Gasteiger partial charge in [0.15, 0.2) is 6.61 Å². The lowest BCUT2D eigenvalue weighted by Gasteiger charge is -2.08. The van der Waals surface area contributed by atoms with Crippen molar-refractivity contribution >= 4 is 29.8 Å². The maximum atomic E-state index is 11.9. The molecule has 6 nitrogen and oxygen atoms in total. The van der Waals surface area contributed by atoms with Crippen LogP contribution in [-0.2, 0) is 16.0 Å². The number of hydrazone groups is 1. The highest BCUT2D eigenvalue weighted by Gasteiger charge is 2.03. The van der Waals surface area contributed by atoms with Gasteiger partial charge in [0.25, 0.3) is 5.91 Å². The van der Waals surface area contributed by atoms with Gasteiger partial charge in [-0.25, -0.2) is 5.43 Å². The molecule has 164 valence electrons. The van der Waals surface area contributed by atoms with Crippen LogP contribution in [0.4, 0.5) is 0 Å². The Balaban J connectivity index is 1.32. The molecule has 32 heavy (non-hydrogen) atoms. The molecule has 3 aromatic rings. The van der Waals surface area contributed by atoms with Crippen LogP contribution in [-0.4, -0.2) is 36.9 Å². The number of nitrogens with one attached hydrogen (secondary N) is 2. The van der Waals surface area contributed by atoms with Gasteiger partial charge in [-0.05, 0) is 53.9 Å². The molecule has 0 aromatic heterocycles. The van der Waals surface area contributed by atoms with E-state index in [1.165, 1.54) is 17.3 Å². The van der Waals surface area contributed by atoms with E-state index < -0.39 is 0 Å². The number of ether oxygens (including phenoxy) is 1. The molecule has 0 saturated carbocycles. The van der Waals surface area contributed by atoms with Gasteiger partial charge in [-0.3, -0.25) is 9.59 Å². The van der Waals surface area contributed by atoms with Crippen molar-refractivity contribution in [3.63, 3.8) is 0 Å². The van der Waals surface area contributed by atoms with E-state index in [4.69, 9.17) is 4.74 Å². The monoisotopic (exact) mass is 447 g/mol. The second-order valence-corrected chi connectivity index (χ2v) is 7.89. The third-order valence-electron chi connectivity index (χ3n) is 4.34. The van der Waals surface area contributed by atoms with E-state index in [-0.39, 0.29) is 18.4 Å². The molecule has 0 saturated heterocycles. The Morgan fingerprint density at radius 3 is 2.28 bits per heavy atom. The molecular formula is C25H25N3O3S. The summed E-state index contributed by atoms with van der Waals surface area (Å²) in [5.74, 6) is 0.543. The predicted octanol–water partition coefficient (Wildman–Crippen LogP) is 3.67. The number of benzene rings is 3. The third kappa shape index (κ3) is 8.65. The number of carbonyl (C=O) groups excluding carboxylic acids is 2. The summed E-state index contributed by atoms with van der Waals surface area (Å²) >= 11 is 1.45. The molecule has 0 fully saturated rings. The molecule has 0 spiro atoms. The average Bonchev–Trinajstić information content (AvgIpc) is 2.83. The van der Waals surface area contributed by atoms with Crippen molar-refractivity contribution in [2.45, 2.75) is 11.3 Å². The van der Waals surface area contributed by atoms with Crippen LogP contribution in [0.5, 0.6) is 5.75 Å². The van der Waals surface area contributed by atoms with E-state index in [1.807, 2.05) is 60.7 Å². The Hall–Kier alpha value is -3.58. The largest absolute Gasteiger partial charge is 0.484 e. The highest BCUT2D eigenvalue weighted by atomic mass is 32.2. The summed E-state index contributed by atoms with van der Waals surface area (Å²) < 4.78 is 5.51. The molecule has 7 heteroatoms. The Bertz CT molecular complexity index is 1010. The number of carbonyl (C=O) groups is 2. The van der Waals surface area contributed by atoms with Gasteiger partial charge in [0.1, 0.15) is 5.75 Å². The Morgan fingerprint density at radius 1 is 0.875 bits per heavy atom. The van der Waals surface area contributed by atoms with Gasteiger partial charge < -0.3 is 10.1 Å². The summed E-state index contributed by atoms with van der Waals surface area (Å²) in [5, 5.41) is 6.82. The number of rotatable bonds is 11. The zero-order chi connectivity index (χ0) is 22.4. The van der Waals surface area contributed by atoms with Crippen LogP contribution in [0.2, 0.25) is 0 Å². The standard InChI is InChI=1S/C25H25N3O3S/c29-24(26-16-15-20-7-3-1-4-8-20)18-31-22-13-11-21(12-14-22)17-27-28-25(30)19-32-23-9-5-2-6-10-23/h1-14,17H,15-16,18-19H2,(H,26,29)(H,28,30)/b27-17-. The summed E-state index contributed by atoms with van der Waals surface area (Å²) in [4.78, 5) is 24.8. The number of hydrogen-bond donors (Lipinski definition) is 2. The first-order chi connectivity index (χ1) is 15.7. The smallest absolute Gasteiger partial charge is 0.257 e. The Kier molecular flexibility index (Phi) is 9.36. The van der Waals surface area contributed by atoms with Crippen LogP contribution in [0.3, 0.4) is 0 Å². The molecular weight excluding hydrogens is 422 g/mol. The SMILES string of the molecule is O=C(COc1ccc(/C=N\NC(=O)CSc2ccccc2)cc1)NCCc1ccccc1. The predicted molar refractivity (Wildman–Crippen MR) is 128 cm³/mol. The average molecular weight is 448 g/mol. The van der Waals surface area contributed by atoms with Gasteiger partial charge in [-0.2, -0.15) is 5.10 Å². The quantitative estimate of drug-likeness (QED) is 0.267. The number of amides is 2. The molecule has 0 aliphatic heterocycles. The van der Waals surface area contributed by atoms with Gasteiger partial charge in [0, 0.05) is 11.4 Å². The summed E-state index contributed by atoms with van der Waals surface area (Å²) in [7, 11) is 0. The first kappa shape index (κ1) is 23.1. The van der Waals surface area contributed by atoms with Gasteiger partial charge in [0.05, 0.1) is 12.0 Å². The summed E-state index contributed by atoms with van der Waals surface area (Å²) in [6.07, 6.45) is 2.34. The molecule has 0 aliphatic carbocycles. The molecule has 0 unspecified atom stereocenters. The van der Waals surface area contributed by atoms with E-state index in [0.717, 1.165) is 16.9 Å². The van der Waals surface area contributed by atoms with Crippen LogP contribution in [0.1, 0.15) is 11.1 Å². The number of nitrogens with zero attached hydrogens (tertiary/aromatic N) is 1. The summed E-state index contributed by atoms with van der Waals surface area (Å²) in [6, 6.07) is 26.8. The van der Waals surface area contributed by atoms with Crippen molar-refractivity contribution in [1.82, 2.24) is 10.7 Å². The van der Waals surface area contributed by atoms with Crippen LogP contribution in [0, 0.1) is 0 Å². The second kappa shape index (κ2) is 13.0. The minimum absolute atomic E-state index is 0.0443. The fourth-order valence-corrected chi connectivity index (χ4v) is 3.43. The van der Waals surface area contributed by atoms with Crippen LogP contribution >= 0.6 is 11.8 Å². The zero-order valence-electron chi connectivity index (χ0n) is 17.6. The highest BCUT2D eigenvalue weighted by molar-refractivity contribution is 8.00. The van der Waals surface area contributed by atoms with Crippen LogP contribution in [0.15, 0.2) is 94.9 Å². The van der Waals surface area contributed by atoms with Crippen LogP contribution < -0.4 is 15.5 Å². The van der Waals surface area contributed by atoms with E-state index >= 15 is 0 Å². The fraction of sp³-hybridized carbons (Fsp3) is 0.160. The first-order valence-corrected chi connectivity index (χ1v) is 11.2. The summed E-state index contributed by atoms with van der Waals surface area (Å²) in [5.41, 5.74) is 4.50. The molecule has 0 heterocycles. The van der Waals surface area contributed by atoms with Crippen molar-refractivity contribution in [2.24, 2.45) is 5.10 Å². The normalized spacial score (nSPS) is 10.6. The van der Waals surface area contributed by atoms with Crippen molar-refractivity contribution < 1.29 is 14.3 Å². The minimum Gasteiger partial charge on any atom is -0.484 e. The van der Waals surface area contributed by atoms with Gasteiger partial charge in [-0.15, -0.1) is 11.8 Å². The lowest BCUT2D eigenvalue weighted by molar-refractivity contribution is -0.123. The summed E-state index contributed by atoms with van der Waals surface area (Å²) in [6.45, 7) is 0.522. The van der Waals surface area contributed by atoms with E-state index in [0.29, 0.717) is 18.0 Å². The van der Waals surface area contributed by atoms with Crippen LogP contribution in [0.25, 0.3) is 0 Å². The lowest BCUT2D eigenvalue weighted by atomic mass is 10.1. The van der Waals surface area contributed by atoms with Gasteiger partial charge in [0.2, 0.25) is 5.91 Å². The fourth-order valence-electron chi connectivity index (χ4n) is 2.72. The molecule has 0 radical (unpaired) electrons. The van der Waals surface area contributed by atoms with Crippen molar-refractivity contribution in [3.8, 4) is 5.75 Å². The number of hydrogen-bond acceptors (Lipinski definition) is 5. The maximum absolute atomic E-state index is 11.9. The number of thioether (sulfide) groups is 1. The molecule has 2 N–H and O–H groups in total.